The van der Waals surface area contributed by atoms with Gasteiger partial charge in [0, 0.05) is 23.6 Å². The van der Waals surface area contributed by atoms with Gasteiger partial charge in [-0.05, 0) is 60.2 Å². The molecule has 0 bridgehead atoms. The number of benzene rings is 3. The van der Waals surface area contributed by atoms with Crippen molar-refractivity contribution in [3.8, 4) is 23.2 Å². The molecule has 0 amide bonds. The lowest BCUT2D eigenvalue weighted by atomic mass is 10.1. The van der Waals surface area contributed by atoms with E-state index in [0.29, 0.717) is 46.0 Å². The van der Waals surface area contributed by atoms with Crippen LogP contribution in [0, 0.1) is 23.0 Å². The normalized spacial score (nSPS) is 11.0. The monoisotopic (exact) mass is 576 g/mol. The molecule has 0 aliphatic carbocycles. The van der Waals surface area contributed by atoms with Crippen LogP contribution in [0.1, 0.15) is 38.6 Å². The number of furan rings is 1. The molecule has 0 unspecified atom stereocenters. The van der Waals surface area contributed by atoms with Gasteiger partial charge in [-0.3, -0.25) is 0 Å². The summed E-state index contributed by atoms with van der Waals surface area (Å²) in [4.78, 5) is 20.7. The van der Waals surface area contributed by atoms with Crippen LogP contribution in [0.25, 0.3) is 22.3 Å². The van der Waals surface area contributed by atoms with Crippen molar-refractivity contribution in [3.05, 3.63) is 137 Å². The van der Waals surface area contributed by atoms with Crippen LogP contribution in [0.4, 0.5) is 8.78 Å². The Kier molecular flexibility index (Phi) is 7.37. The fourth-order valence-corrected chi connectivity index (χ4v) is 4.74. The highest BCUT2D eigenvalue weighted by atomic mass is 19.1. The van der Waals surface area contributed by atoms with Crippen LogP contribution in [-0.4, -0.2) is 25.6 Å². The van der Waals surface area contributed by atoms with Crippen LogP contribution in [0.5, 0.6) is 5.88 Å². The second-order valence-electron chi connectivity index (χ2n) is 9.75. The summed E-state index contributed by atoms with van der Waals surface area (Å²) in [5, 5.41) is 18.4. The van der Waals surface area contributed by atoms with E-state index in [9.17, 15) is 14.3 Å². The van der Waals surface area contributed by atoms with Gasteiger partial charge in [0.2, 0.25) is 5.88 Å². The number of nitriles is 1. The maximum absolute atomic E-state index is 15.5. The van der Waals surface area contributed by atoms with Gasteiger partial charge in [-0.25, -0.2) is 23.5 Å². The molecule has 0 aliphatic rings. The average Bonchev–Trinajstić information content (AvgIpc) is 3.65. The fourth-order valence-electron chi connectivity index (χ4n) is 4.74. The number of imidazole rings is 1. The Labute approximate surface area is 244 Å². The summed E-state index contributed by atoms with van der Waals surface area (Å²) in [5.41, 5.74) is 3.18. The zero-order valence-electron chi connectivity index (χ0n) is 22.5. The molecule has 10 heteroatoms. The first kappa shape index (κ1) is 27.4. The van der Waals surface area contributed by atoms with Gasteiger partial charge in [-0.1, -0.05) is 24.3 Å². The first-order valence-corrected chi connectivity index (χ1v) is 13.2. The van der Waals surface area contributed by atoms with E-state index in [2.05, 4.69) is 9.97 Å². The van der Waals surface area contributed by atoms with Crippen molar-refractivity contribution >= 4 is 17.0 Å². The smallest absolute Gasteiger partial charge is 0.335 e. The van der Waals surface area contributed by atoms with E-state index in [1.807, 2.05) is 10.6 Å². The number of carboxylic acids is 1. The van der Waals surface area contributed by atoms with Crippen molar-refractivity contribution in [2.75, 3.05) is 0 Å². The van der Waals surface area contributed by atoms with Gasteiger partial charge in [0.1, 0.15) is 29.8 Å². The molecule has 6 aromatic rings. The fraction of sp³-hybridized carbons (Fsp3) is 0.0909. The number of aromatic carboxylic acids is 1. The second-order valence-corrected chi connectivity index (χ2v) is 9.75. The number of carbonyl (C=O) groups is 1. The van der Waals surface area contributed by atoms with Crippen molar-refractivity contribution in [2.24, 2.45) is 0 Å². The maximum Gasteiger partial charge on any atom is 0.335 e. The molecule has 0 saturated carbocycles. The Hall–Kier alpha value is -5.82. The van der Waals surface area contributed by atoms with Gasteiger partial charge >= 0.3 is 5.97 Å². The molecule has 3 aromatic heterocycles. The first-order valence-electron chi connectivity index (χ1n) is 13.2. The molecular weight excluding hydrogens is 554 g/mol. The van der Waals surface area contributed by atoms with Crippen LogP contribution < -0.4 is 4.74 Å². The minimum Gasteiger partial charge on any atom is -0.478 e. The zero-order chi connectivity index (χ0) is 29.9. The number of halogens is 2. The van der Waals surface area contributed by atoms with E-state index < -0.39 is 17.6 Å². The molecule has 6 rings (SSSR count). The highest BCUT2D eigenvalue weighted by Gasteiger charge is 2.17. The van der Waals surface area contributed by atoms with Gasteiger partial charge in [-0.15, -0.1) is 0 Å². The molecule has 0 saturated heterocycles. The standard InChI is InChI=1S/C33H22F2N4O4/c34-26-13-20(17-36)6-7-24(26)19-43-32-5-1-4-28(38-32)22-9-8-21(27(35)14-22)16-31-37-29-11-10-23(33(40)41)15-30(29)39(31)18-25-3-2-12-42-25/h1-15H,16,18-19H2,(H,40,41). The van der Waals surface area contributed by atoms with E-state index in [4.69, 9.17) is 14.4 Å². The Morgan fingerprint density at radius 2 is 1.79 bits per heavy atom. The Morgan fingerprint density at radius 3 is 2.53 bits per heavy atom. The number of hydrogen-bond donors (Lipinski definition) is 1. The molecule has 8 nitrogen and oxygen atoms in total. The molecule has 0 aliphatic heterocycles. The number of pyridine rings is 1. The van der Waals surface area contributed by atoms with E-state index in [1.165, 1.54) is 24.3 Å². The zero-order valence-corrected chi connectivity index (χ0v) is 22.5. The molecule has 43 heavy (non-hydrogen) atoms. The Morgan fingerprint density at radius 1 is 0.953 bits per heavy atom. The number of aromatic nitrogens is 3. The number of hydrogen-bond acceptors (Lipinski definition) is 6. The van der Waals surface area contributed by atoms with Crippen molar-refractivity contribution in [1.29, 1.82) is 5.26 Å². The van der Waals surface area contributed by atoms with Crippen molar-refractivity contribution < 1.29 is 27.8 Å². The summed E-state index contributed by atoms with van der Waals surface area (Å²) >= 11 is 0. The summed E-state index contributed by atoms with van der Waals surface area (Å²) in [6.45, 7) is 0.207. The highest BCUT2D eigenvalue weighted by molar-refractivity contribution is 5.92. The maximum atomic E-state index is 15.5. The number of carboxylic acid groups (broad SMARTS) is 1. The number of ether oxygens (including phenoxy) is 1. The van der Waals surface area contributed by atoms with Gasteiger partial charge < -0.3 is 18.8 Å². The quantitative estimate of drug-likeness (QED) is 0.202. The predicted octanol–water partition coefficient (Wildman–Crippen LogP) is 6.76. The van der Waals surface area contributed by atoms with Gasteiger partial charge in [0.25, 0.3) is 0 Å². The topological polar surface area (TPSA) is 114 Å². The van der Waals surface area contributed by atoms with Gasteiger partial charge in [0.15, 0.2) is 0 Å². The molecule has 3 heterocycles. The lowest BCUT2D eigenvalue weighted by Gasteiger charge is -2.11. The minimum absolute atomic E-state index is 0.0890. The summed E-state index contributed by atoms with van der Waals surface area (Å²) in [5.74, 6) is -0.643. The molecule has 1 N–H and O–H groups in total. The third-order valence-electron chi connectivity index (χ3n) is 6.95. The lowest BCUT2D eigenvalue weighted by Crippen LogP contribution is -2.07. The lowest BCUT2D eigenvalue weighted by molar-refractivity contribution is 0.0697. The summed E-state index contributed by atoms with van der Waals surface area (Å²) in [6.07, 6.45) is 1.70. The van der Waals surface area contributed by atoms with E-state index in [-0.39, 0.29) is 35.6 Å². The largest absolute Gasteiger partial charge is 0.478 e. The Bertz CT molecular complexity index is 2010. The number of rotatable bonds is 9. The van der Waals surface area contributed by atoms with Crippen LogP contribution >= 0.6 is 0 Å². The summed E-state index contributed by atoms with van der Waals surface area (Å²) in [7, 11) is 0. The van der Waals surface area contributed by atoms with Crippen LogP contribution in [0.3, 0.4) is 0 Å². The predicted molar refractivity (Wildman–Crippen MR) is 152 cm³/mol. The second kappa shape index (κ2) is 11.6. The van der Waals surface area contributed by atoms with E-state index >= 15 is 4.39 Å². The third-order valence-corrected chi connectivity index (χ3v) is 6.95. The molecule has 0 radical (unpaired) electrons. The molecular formula is C33H22F2N4O4. The van der Waals surface area contributed by atoms with Crippen LogP contribution in [-0.2, 0) is 19.6 Å². The number of nitrogens with zero attached hydrogens (tertiary/aromatic N) is 4. The van der Waals surface area contributed by atoms with Crippen molar-refractivity contribution in [1.82, 2.24) is 14.5 Å². The van der Waals surface area contributed by atoms with Crippen molar-refractivity contribution in [2.45, 2.75) is 19.6 Å². The van der Waals surface area contributed by atoms with E-state index in [1.54, 1.807) is 60.9 Å². The summed E-state index contributed by atoms with van der Waals surface area (Å²) < 4.78 is 42.7. The summed E-state index contributed by atoms with van der Waals surface area (Å²) in [6, 6.07) is 24.1. The molecule has 0 spiro atoms. The van der Waals surface area contributed by atoms with Gasteiger partial charge in [-0.2, -0.15) is 5.26 Å². The Balaban J connectivity index is 1.25. The minimum atomic E-state index is -1.06. The van der Waals surface area contributed by atoms with E-state index in [0.717, 1.165) is 6.07 Å². The third kappa shape index (κ3) is 5.83. The van der Waals surface area contributed by atoms with Crippen LogP contribution in [0.2, 0.25) is 0 Å². The van der Waals surface area contributed by atoms with Crippen molar-refractivity contribution in [3.63, 3.8) is 0 Å². The SMILES string of the molecule is N#Cc1ccc(COc2cccc(-c3ccc(Cc4nc5ccc(C(=O)O)cc5n4Cc4ccco4)c(F)c3)n2)c(F)c1. The molecule has 0 atom stereocenters. The molecule has 3 aromatic carbocycles. The van der Waals surface area contributed by atoms with Crippen LogP contribution in [0.15, 0.2) is 95.6 Å². The highest BCUT2D eigenvalue weighted by Crippen LogP contribution is 2.26. The first-order chi connectivity index (χ1) is 20.9. The molecule has 212 valence electrons. The van der Waals surface area contributed by atoms with Gasteiger partial charge in [0.05, 0.1) is 46.7 Å². The number of fused-ring (bicyclic) bond motifs is 1. The molecule has 0 fully saturated rings. The average molecular weight is 577 g/mol.